The van der Waals surface area contributed by atoms with Crippen LogP contribution in [-0.2, 0) is 44.4 Å². The SMILES string of the molecule is CC[C@H]1OC(=O)[C@H](C)[C@@H](OC(=O)Cc2cccnc2)[C@H](C)[C@@H](O[C@@H]2O[C@H](C)C[C@H](N(C)C)[C@H]2O)[C@@](C)(O)C[C@@H](C)C(O)[C@H](C)[C@H]2OC(=O)O[C@@]21C. The number of carbonyl (C=O) groups excluding carboxylic acids is 3. The maximum Gasteiger partial charge on any atom is 0.509 e. The summed E-state index contributed by atoms with van der Waals surface area (Å²) >= 11 is 0. The number of ether oxygens (including phenoxy) is 6. The molecular formula is C37H58N2O12. The van der Waals surface area contributed by atoms with Gasteiger partial charge in [-0.3, -0.25) is 14.6 Å². The minimum atomic E-state index is -1.75. The number of cyclic esters (lactones) is 1. The molecule has 3 aliphatic heterocycles. The van der Waals surface area contributed by atoms with E-state index >= 15 is 0 Å². The monoisotopic (exact) mass is 722 g/mol. The Bertz CT molecular complexity index is 1350. The van der Waals surface area contributed by atoms with Gasteiger partial charge in [0.05, 0.1) is 36.3 Å². The van der Waals surface area contributed by atoms with Crippen LogP contribution in [0.25, 0.3) is 0 Å². The molecule has 0 saturated carbocycles. The zero-order valence-electron chi connectivity index (χ0n) is 31.6. The molecule has 15 atom stereocenters. The minimum Gasteiger partial charge on any atom is -0.461 e. The third-order valence-electron chi connectivity index (χ3n) is 11.1. The summed E-state index contributed by atoms with van der Waals surface area (Å²) in [5.74, 6) is -4.71. The van der Waals surface area contributed by atoms with Gasteiger partial charge in [-0.15, -0.1) is 0 Å². The highest BCUT2D eigenvalue weighted by Gasteiger charge is 2.59. The van der Waals surface area contributed by atoms with Gasteiger partial charge in [-0.1, -0.05) is 33.8 Å². The van der Waals surface area contributed by atoms with Crippen LogP contribution in [0.3, 0.4) is 0 Å². The summed E-state index contributed by atoms with van der Waals surface area (Å²) in [5.41, 5.74) is -2.61. The van der Waals surface area contributed by atoms with Gasteiger partial charge in [0.1, 0.15) is 18.3 Å². The van der Waals surface area contributed by atoms with Gasteiger partial charge in [0.2, 0.25) is 0 Å². The van der Waals surface area contributed by atoms with Crippen molar-refractivity contribution in [3.05, 3.63) is 30.1 Å². The highest BCUT2D eigenvalue weighted by Crippen LogP contribution is 2.43. The number of nitrogens with zero attached hydrogens (tertiary/aromatic N) is 2. The number of fused-ring (bicyclic) bond motifs is 1. The Morgan fingerprint density at radius 2 is 1.75 bits per heavy atom. The molecule has 1 aromatic rings. The number of hydrogen-bond acceptors (Lipinski definition) is 14. The van der Waals surface area contributed by atoms with Crippen LogP contribution in [0.1, 0.15) is 80.2 Å². The number of likely N-dealkylation sites (N-methyl/N-ethyl adjacent to an activating group) is 1. The number of pyridine rings is 1. The molecule has 3 aliphatic rings. The first-order chi connectivity index (χ1) is 23.8. The summed E-state index contributed by atoms with van der Waals surface area (Å²) in [6, 6.07) is 3.10. The molecule has 0 aromatic carbocycles. The van der Waals surface area contributed by atoms with E-state index in [0.29, 0.717) is 12.0 Å². The molecule has 51 heavy (non-hydrogen) atoms. The topological polar surface area (TPSA) is 183 Å². The smallest absolute Gasteiger partial charge is 0.461 e. The van der Waals surface area contributed by atoms with Crippen LogP contribution in [0.2, 0.25) is 0 Å². The Kier molecular flexibility index (Phi) is 13.2. The van der Waals surface area contributed by atoms with E-state index in [4.69, 9.17) is 28.4 Å². The average molecular weight is 723 g/mol. The fourth-order valence-corrected chi connectivity index (χ4v) is 8.27. The zero-order valence-corrected chi connectivity index (χ0v) is 31.6. The lowest BCUT2D eigenvalue weighted by Gasteiger charge is -2.47. The number of hydrogen-bond donors (Lipinski definition) is 3. The molecule has 1 aromatic heterocycles. The van der Waals surface area contributed by atoms with Crippen LogP contribution in [0.5, 0.6) is 0 Å². The van der Waals surface area contributed by atoms with Gasteiger partial charge in [0.25, 0.3) is 0 Å². The number of aromatic nitrogens is 1. The first-order valence-electron chi connectivity index (χ1n) is 18.0. The van der Waals surface area contributed by atoms with Crippen LogP contribution >= 0.6 is 0 Å². The fourth-order valence-electron chi connectivity index (χ4n) is 8.27. The Morgan fingerprint density at radius 3 is 2.35 bits per heavy atom. The van der Waals surface area contributed by atoms with E-state index in [1.807, 2.05) is 25.9 Å². The van der Waals surface area contributed by atoms with Crippen molar-refractivity contribution < 1.29 is 58.1 Å². The van der Waals surface area contributed by atoms with Crippen LogP contribution in [0, 0.1) is 23.7 Å². The van der Waals surface area contributed by atoms with E-state index in [0.717, 1.165) is 0 Å². The van der Waals surface area contributed by atoms with E-state index < -0.39 is 95.9 Å². The van der Waals surface area contributed by atoms with E-state index in [-0.39, 0.29) is 31.4 Å². The number of rotatable bonds is 7. The largest absolute Gasteiger partial charge is 0.509 e. The molecular weight excluding hydrogens is 664 g/mol. The molecule has 14 nitrogen and oxygen atoms in total. The summed E-state index contributed by atoms with van der Waals surface area (Å²) in [5, 5.41) is 35.5. The number of esters is 2. The van der Waals surface area contributed by atoms with Gasteiger partial charge in [0, 0.05) is 30.3 Å². The van der Waals surface area contributed by atoms with Crippen molar-refractivity contribution in [1.82, 2.24) is 9.88 Å². The van der Waals surface area contributed by atoms with Crippen LogP contribution in [-0.4, -0.2) is 124 Å². The molecule has 1 unspecified atom stereocenters. The maximum absolute atomic E-state index is 14.1. The van der Waals surface area contributed by atoms with Gasteiger partial charge in [-0.05, 0) is 78.6 Å². The average Bonchev–Trinajstić information content (AvgIpc) is 3.38. The predicted octanol–water partition coefficient (Wildman–Crippen LogP) is 3.02. The lowest BCUT2D eigenvalue weighted by atomic mass is 9.73. The molecule has 0 spiro atoms. The van der Waals surface area contributed by atoms with Crippen molar-refractivity contribution in [1.29, 1.82) is 0 Å². The Morgan fingerprint density at radius 1 is 1.06 bits per heavy atom. The lowest BCUT2D eigenvalue weighted by molar-refractivity contribution is -0.300. The minimum absolute atomic E-state index is 0.0341. The molecule has 0 radical (unpaired) electrons. The molecule has 3 N–H and O–H groups in total. The zero-order chi connectivity index (χ0) is 38.0. The van der Waals surface area contributed by atoms with Crippen LogP contribution < -0.4 is 0 Å². The molecule has 0 bridgehead atoms. The molecule has 4 rings (SSSR count). The maximum atomic E-state index is 14.1. The summed E-state index contributed by atoms with van der Waals surface area (Å²) in [7, 11) is 3.69. The van der Waals surface area contributed by atoms with Crippen molar-refractivity contribution in [3.63, 3.8) is 0 Å². The van der Waals surface area contributed by atoms with Crippen molar-refractivity contribution >= 4 is 18.1 Å². The molecule has 0 amide bonds. The Hall–Kier alpha value is -2.88. The molecule has 4 heterocycles. The summed E-state index contributed by atoms with van der Waals surface area (Å²) in [4.78, 5) is 46.2. The van der Waals surface area contributed by atoms with Gasteiger partial charge in [0.15, 0.2) is 18.0 Å². The van der Waals surface area contributed by atoms with Crippen molar-refractivity contribution in [2.45, 2.75) is 147 Å². The lowest BCUT2D eigenvalue weighted by Crippen LogP contribution is -2.60. The third-order valence-corrected chi connectivity index (χ3v) is 11.1. The predicted molar refractivity (Wildman–Crippen MR) is 183 cm³/mol. The second kappa shape index (κ2) is 16.4. The normalized spacial score (nSPS) is 42.6. The standard InChI is InChI=1S/C37H58N2O12/c1-11-26-37(8)32(50-35(44)51-37)21(4)28(41)19(2)17-36(7,45)31(49-34-29(42)25(39(9)10)15-20(3)46-34)22(5)30(23(6)33(43)47-26)48-27(40)16-24-13-12-14-38-18-24/h12-14,18-23,25-26,28-32,34,41-42,45H,11,15-17H2,1-10H3/t19-,20-,21+,22+,23-,25+,26-,28?,29-,30+,31-,32-,34+,36+,37-/m1/s1. The van der Waals surface area contributed by atoms with Gasteiger partial charge < -0.3 is 48.6 Å². The highest BCUT2D eigenvalue weighted by atomic mass is 16.8. The third kappa shape index (κ3) is 9.02. The van der Waals surface area contributed by atoms with E-state index in [1.165, 1.54) is 0 Å². The van der Waals surface area contributed by atoms with Crippen molar-refractivity contribution in [3.8, 4) is 0 Å². The van der Waals surface area contributed by atoms with E-state index in [1.54, 1.807) is 73.0 Å². The van der Waals surface area contributed by atoms with Gasteiger partial charge in [-0.25, -0.2) is 4.79 Å². The van der Waals surface area contributed by atoms with E-state index in [9.17, 15) is 29.7 Å². The van der Waals surface area contributed by atoms with Crippen LogP contribution in [0.4, 0.5) is 4.79 Å². The molecule has 3 saturated heterocycles. The number of aliphatic hydroxyl groups is 3. The molecule has 14 heteroatoms. The Labute approximate surface area is 301 Å². The van der Waals surface area contributed by atoms with Gasteiger partial charge >= 0.3 is 18.1 Å². The summed E-state index contributed by atoms with van der Waals surface area (Å²) in [6.07, 6.45) is -5.34. The molecule has 288 valence electrons. The summed E-state index contributed by atoms with van der Waals surface area (Å²) in [6.45, 7) is 13.5. The molecule has 3 fully saturated rings. The first-order valence-corrected chi connectivity index (χ1v) is 18.0. The second-order valence-electron chi connectivity index (χ2n) is 15.6. The van der Waals surface area contributed by atoms with Gasteiger partial charge in [-0.2, -0.15) is 0 Å². The number of carbonyl (C=O) groups is 3. The van der Waals surface area contributed by atoms with Crippen LogP contribution in [0.15, 0.2) is 24.5 Å². The Balaban J connectivity index is 1.81. The fraction of sp³-hybridized carbons (Fsp3) is 0.784. The summed E-state index contributed by atoms with van der Waals surface area (Å²) < 4.78 is 36.1. The highest BCUT2D eigenvalue weighted by molar-refractivity contribution is 5.76. The van der Waals surface area contributed by atoms with Crippen molar-refractivity contribution in [2.24, 2.45) is 23.7 Å². The first kappa shape index (κ1) is 40.9. The quantitative estimate of drug-likeness (QED) is 0.276. The second-order valence-corrected chi connectivity index (χ2v) is 15.6. The molecule has 0 aliphatic carbocycles. The van der Waals surface area contributed by atoms with E-state index in [2.05, 4.69) is 4.98 Å². The van der Waals surface area contributed by atoms with Crippen molar-refractivity contribution in [2.75, 3.05) is 14.1 Å². The number of aliphatic hydroxyl groups excluding tert-OH is 2.